The molecule has 0 aliphatic heterocycles. The summed E-state index contributed by atoms with van der Waals surface area (Å²) in [4.78, 5) is 10.8. The van der Waals surface area contributed by atoms with Crippen molar-refractivity contribution in [2.75, 3.05) is 0 Å². The van der Waals surface area contributed by atoms with Crippen molar-refractivity contribution in [3.8, 4) is 0 Å². The number of aryl methyl sites for hydroxylation is 1. The SMILES string of the molecule is CCCCCc1ccc(C(N)=O)cc1.Cl. The van der Waals surface area contributed by atoms with Crippen LogP contribution in [0.3, 0.4) is 0 Å². The number of hydrogen-bond acceptors (Lipinski definition) is 1. The van der Waals surface area contributed by atoms with Gasteiger partial charge in [0.25, 0.3) is 0 Å². The van der Waals surface area contributed by atoms with E-state index in [0.717, 1.165) is 6.42 Å². The number of nitrogens with two attached hydrogens (primary N) is 1. The number of halogens is 1. The van der Waals surface area contributed by atoms with Crippen molar-refractivity contribution in [1.82, 2.24) is 0 Å². The van der Waals surface area contributed by atoms with Gasteiger partial charge in [-0.25, -0.2) is 0 Å². The van der Waals surface area contributed by atoms with E-state index in [2.05, 4.69) is 6.92 Å². The molecule has 0 aromatic heterocycles. The number of amides is 1. The molecule has 1 aromatic rings. The van der Waals surface area contributed by atoms with Crippen molar-refractivity contribution in [2.24, 2.45) is 5.73 Å². The highest BCUT2D eigenvalue weighted by Gasteiger charge is 1.99. The zero-order valence-corrected chi connectivity index (χ0v) is 9.85. The van der Waals surface area contributed by atoms with Gasteiger partial charge in [-0.05, 0) is 30.5 Å². The summed E-state index contributed by atoms with van der Waals surface area (Å²) in [7, 11) is 0. The summed E-state index contributed by atoms with van der Waals surface area (Å²) in [5.74, 6) is -0.356. The summed E-state index contributed by atoms with van der Waals surface area (Å²) >= 11 is 0. The third-order valence-corrected chi connectivity index (χ3v) is 2.31. The standard InChI is InChI=1S/C12H17NO.ClH/c1-2-3-4-5-10-6-8-11(9-7-10)12(13)14;/h6-9H,2-5H2,1H3,(H2,13,14);1H. The van der Waals surface area contributed by atoms with Gasteiger partial charge in [0.15, 0.2) is 0 Å². The maximum Gasteiger partial charge on any atom is 0.248 e. The van der Waals surface area contributed by atoms with Gasteiger partial charge in [-0.2, -0.15) is 0 Å². The summed E-state index contributed by atoms with van der Waals surface area (Å²) in [6.07, 6.45) is 4.80. The Morgan fingerprint density at radius 1 is 1.20 bits per heavy atom. The second-order valence-corrected chi connectivity index (χ2v) is 3.52. The maximum atomic E-state index is 10.8. The van der Waals surface area contributed by atoms with E-state index in [1.54, 1.807) is 12.1 Å². The van der Waals surface area contributed by atoms with Crippen LogP contribution in [0.1, 0.15) is 42.1 Å². The first-order valence-electron chi connectivity index (χ1n) is 5.12. The van der Waals surface area contributed by atoms with E-state index < -0.39 is 0 Å². The van der Waals surface area contributed by atoms with Crippen LogP contribution in [0.15, 0.2) is 24.3 Å². The Morgan fingerprint density at radius 3 is 2.27 bits per heavy atom. The van der Waals surface area contributed by atoms with Crippen molar-refractivity contribution in [3.63, 3.8) is 0 Å². The lowest BCUT2D eigenvalue weighted by Crippen LogP contribution is -2.10. The molecule has 0 radical (unpaired) electrons. The fourth-order valence-electron chi connectivity index (χ4n) is 1.41. The van der Waals surface area contributed by atoms with Crippen LogP contribution in [0.25, 0.3) is 0 Å². The molecule has 1 rings (SSSR count). The van der Waals surface area contributed by atoms with Crippen LogP contribution >= 0.6 is 12.4 Å². The van der Waals surface area contributed by atoms with Gasteiger partial charge in [0.1, 0.15) is 0 Å². The molecule has 84 valence electrons. The number of hydrogen-bond donors (Lipinski definition) is 1. The van der Waals surface area contributed by atoms with Gasteiger partial charge in [0, 0.05) is 5.56 Å². The van der Waals surface area contributed by atoms with E-state index >= 15 is 0 Å². The average molecular weight is 228 g/mol. The van der Waals surface area contributed by atoms with Crippen LogP contribution in [0.2, 0.25) is 0 Å². The Kier molecular flexibility index (Phi) is 6.80. The lowest BCUT2D eigenvalue weighted by atomic mass is 10.1. The number of benzene rings is 1. The van der Waals surface area contributed by atoms with E-state index in [1.807, 2.05) is 12.1 Å². The fraction of sp³-hybridized carbons (Fsp3) is 0.417. The van der Waals surface area contributed by atoms with Crippen LogP contribution in [-0.4, -0.2) is 5.91 Å². The number of primary amides is 1. The van der Waals surface area contributed by atoms with Gasteiger partial charge >= 0.3 is 0 Å². The van der Waals surface area contributed by atoms with Crippen molar-refractivity contribution in [2.45, 2.75) is 32.6 Å². The van der Waals surface area contributed by atoms with Gasteiger partial charge in [-0.15, -0.1) is 12.4 Å². The third-order valence-electron chi connectivity index (χ3n) is 2.31. The molecule has 0 heterocycles. The molecule has 0 fully saturated rings. The average Bonchev–Trinajstić information content (AvgIpc) is 2.19. The van der Waals surface area contributed by atoms with Crippen LogP contribution < -0.4 is 5.73 Å². The van der Waals surface area contributed by atoms with Crippen molar-refractivity contribution < 1.29 is 4.79 Å². The third kappa shape index (κ3) is 4.84. The maximum absolute atomic E-state index is 10.8. The summed E-state index contributed by atoms with van der Waals surface area (Å²) in [6, 6.07) is 7.55. The lowest BCUT2D eigenvalue weighted by Gasteiger charge is -2.01. The number of unbranched alkanes of at least 4 members (excludes halogenated alkanes) is 2. The fourth-order valence-corrected chi connectivity index (χ4v) is 1.41. The Morgan fingerprint density at radius 2 is 1.80 bits per heavy atom. The first-order valence-corrected chi connectivity index (χ1v) is 5.12. The molecule has 3 heteroatoms. The largest absolute Gasteiger partial charge is 0.366 e. The Labute approximate surface area is 97.3 Å². The van der Waals surface area contributed by atoms with E-state index in [-0.39, 0.29) is 18.3 Å². The normalized spacial score (nSPS) is 9.40. The molecule has 0 bridgehead atoms. The molecular formula is C12H18ClNO. The van der Waals surface area contributed by atoms with E-state index in [4.69, 9.17) is 5.73 Å². The van der Waals surface area contributed by atoms with Crippen LogP contribution in [0, 0.1) is 0 Å². The summed E-state index contributed by atoms with van der Waals surface area (Å²) in [6.45, 7) is 2.19. The monoisotopic (exact) mass is 227 g/mol. The van der Waals surface area contributed by atoms with E-state index in [1.165, 1.54) is 24.8 Å². The van der Waals surface area contributed by atoms with Crippen molar-refractivity contribution in [3.05, 3.63) is 35.4 Å². The molecule has 0 aliphatic carbocycles. The highest BCUT2D eigenvalue weighted by Crippen LogP contribution is 2.08. The van der Waals surface area contributed by atoms with Gasteiger partial charge in [-0.1, -0.05) is 31.9 Å². The Bertz CT molecular complexity index is 295. The van der Waals surface area contributed by atoms with Gasteiger partial charge in [-0.3, -0.25) is 4.79 Å². The highest BCUT2D eigenvalue weighted by molar-refractivity contribution is 5.92. The highest BCUT2D eigenvalue weighted by atomic mass is 35.5. The van der Waals surface area contributed by atoms with Gasteiger partial charge in [0.2, 0.25) is 5.91 Å². The molecule has 0 atom stereocenters. The molecular weight excluding hydrogens is 210 g/mol. The topological polar surface area (TPSA) is 43.1 Å². The molecule has 1 amide bonds. The lowest BCUT2D eigenvalue weighted by molar-refractivity contribution is 0.100. The van der Waals surface area contributed by atoms with Gasteiger partial charge in [0.05, 0.1) is 0 Å². The summed E-state index contributed by atoms with van der Waals surface area (Å²) in [5, 5.41) is 0. The molecule has 0 aliphatic rings. The first-order chi connectivity index (χ1) is 6.74. The summed E-state index contributed by atoms with van der Waals surface area (Å²) < 4.78 is 0. The molecule has 0 spiro atoms. The van der Waals surface area contributed by atoms with E-state index in [0.29, 0.717) is 5.56 Å². The number of carbonyl (C=O) groups excluding carboxylic acids is 1. The molecule has 15 heavy (non-hydrogen) atoms. The molecule has 0 saturated heterocycles. The minimum absolute atomic E-state index is 0. The summed E-state index contributed by atoms with van der Waals surface area (Å²) in [5.41, 5.74) is 7.01. The molecule has 0 saturated carbocycles. The molecule has 0 unspecified atom stereocenters. The van der Waals surface area contributed by atoms with Crippen LogP contribution in [0.4, 0.5) is 0 Å². The minimum Gasteiger partial charge on any atom is -0.366 e. The smallest absolute Gasteiger partial charge is 0.248 e. The van der Waals surface area contributed by atoms with Gasteiger partial charge < -0.3 is 5.73 Å². The second kappa shape index (κ2) is 7.30. The number of rotatable bonds is 5. The van der Waals surface area contributed by atoms with E-state index in [9.17, 15) is 4.79 Å². The van der Waals surface area contributed by atoms with Crippen molar-refractivity contribution >= 4 is 18.3 Å². The molecule has 2 N–H and O–H groups in total. The Hall–Kier alpha value is -1.02. The number of carbonyl (C=O) groups is 1. The predicted molar refractivity (Wildman–Crippen MR) is 65.4 cm³/mol. The predicted octanol–water partition coefficient (Wildman–Crippen LogP) is 2.94. The quantitative estimate of drug-likeness (QED) is 0.773. The second-order valence-electron chi connectivity index (χ2n) is 3.52. The van der Waals surface area contributed by atoms with Crippen LogP contribution in [-0.2, 0) is 6.42 Å². The van der Waals surface area contributed by atoms with Crippen molar-refractivity contribution in [1.29, 1.82) is 0 Å². The minimum atomic E-state index is -0.356. The zero-order chi connectivity index (χ0) is 10.4. The zero-order valence-electron chi connectivity index (χ0n) is 9.03. The molecule has 2 nitrogen and oxygen atoms in total. The Balaban J connectivity index is 0.00000196. The van der Waals surface area contributed by atoms with Crippen LogP contribution in [0.5, 0.6) is 0 Å². The first kappa shape index (κ1) is 14.0. The molecule has 1 aromatic carbocycles.